The lowest BCUT2D eigenvalue weighted by molar-refractivity contribution is 0.242. The van der Waals surface area contributed by atoms with Crippen molar-refractivity contribution in [1.82, 2.24) is 0 Å². The van der Waals surface area contributed by atoms with Crippen LogP contribution >= 0.6 is 8.38 Å². The molecule has 1 unspecified atom stereocenters. The smallest absolute Gasteiger partial charge is 0.224 e. The molecule has 78 valence electrons. The van der Waals surface area contributed by atoms with Crippen molar-refractivity contribution in [2.24, 2.45) is 0 Å². The zero-order valence-electron chi connectivity index (χ0n) is 8.60. The summed E-state index contributed by atoms with van der Waals surface area (Å²) in [6, 6.07) is 7.27. The molecule has 0 aliphatic rings. The van der Waals surface area contributed by atoms with Crippen LogP contribution in [0.25, 0.3) is 0 Å². The minimum absolute atomic E-state index is 0.141. The van der Waals surface area contributed by atoms with Crippen molar-refractivity contribution in [3.8, 4) is 11.5 Å². The summed E-state index contributed by atoms with van der Waals surface area (Å²) in [6.07, 6.45) is 0.141. The van der Waals surface area contributed by atoms with Crippen LogP contribution in [0.2, 0.25) is 0 Å². The van der Waals surface area contributed by atoms with Crippen LogP contribution < -0.4 is 9.26 Å². The Labute approximate surface area is 85.6 Å². The fourth-order valence-electron chi connectivity index (χ4n) is 1.03. The highest BCUT2D eigenvalue weighted by Crippen LogP contribution is 2.31. The summed E-state index contributed by atoms with van der Waals surface area (Å²) in [5, 5.41) is 0. The van der Waals surface area contributed by atoms with Gasteiger partial charge in [-0.25, -0.2) is 0 Å². The Kier molecular flexibility index (Phi) is 4.18. The predicted molar refractivity (Wildman–Crippen MR) is 57.9 cm³/mol. The molecule has 0 amide bonds. The maximum atomic E-state index is 9.08. The first-order valence-electron chi connectivity index (χ1n) is 4.45. The van der Waals surface area contributed by atoms with Crippen LogP contribution in [0, 0.1) is 0 Å². The number of hydrogen-bond acceptors (Lipinski definition) is 3. The molecule has 14 heavy (non-hydrogen) atoms. The normalized spacial score (nSPS) is 12.6. The van der Waals surface area contributed by atoms with Crippen molar-refractivity contribution in [2.45, 2.75) is 20.0 Å². The molecule has 3 nitrogen and oxygen atoms in total. The highest BCUT2D eigenvalue weighted by Gasteiger charge is 2.02. The number of hydrogen-bond donors (Lipinski definition) is 1. The zero-order valence-corrected chi connectivity index (χ0v) is 9.49. The zero-order chi connectivity index (χ0) is 10.6. The molecule has 0 spiro atoms. The molecule has 0 heterocycles. The molecule has 0 radical (unpaired) electrons. The van der Waals surface area contributed by atoms with Crippen LogP contribution in [0.5, 0.6) is 11.5 Å². The predicted octanol–water partition coefficient (Wildman–Crippen LogP) is 2.79. The van der Waals surface area contributed by atoms with Crippen LogP contribution in [-0.2, 0) is 0 Å². The minimum atomic E-state index is -1.37. The molecular weight excluding hydrogens is 199 g/mol. The van der Waals surface area contributed by atoms with Crippen molar-refractivity contribution in [3.05, 3.63) is 24.3 Å². The second kappa shape index (κ2) is 5.18. The van der Waals surface area contributed by atoms with Gasteiger partial charge in [-0.2, -0.15) is 0 Å². The molecule has 4 heteroatoms. The molecule has 0 aliphatic heterocycles. The third-order valence-electron chi connectivity index (χ3n) is 1.41. The Bertz CT molecular complexity index is 261. The van der Waals surface area contributed by atoms with E-state index < -0.39 is 8.38 Å². The van der Waals surface area contributed by atoms with Gasteiger partial charge in [0, 0.05) is 12.7 Å². The third kappa shape index (κ3) is 3.95. The third-order valence-corrected chi connectivity index (χ3v) is 1.89. The van der Waals surface area contributed by atoms with Crippen LogP contribution in [0.15, 0.2) is 24.3 Å². The molecule has 0 fully saturated rings. The molecule has 1 aromatic carbocycles. The molecule has 0 aliphatic carbocycles. The van der Waals surface area contributed by atoms with E-state index in [0.717, 1.165) is 5.75 Å². The summed E-state index contributed by atoms with van der Waals surface area (Å²) < 4.78 is 10.7. The topological polar surface area (TPSA) is 38.7 Å². The first-order valence-corrected chi connectivity index (χ1v) is 6.11. The van der Waals surface area contributed by atoms with Gasteiger partial charge in [0.25, 0.3) is 0 Å². The van der Waals surface area contributed by atoms with Gasteiger partial charge in [0.05, 0.1) is 6.10 Å². The summed E-state index contributed by atoms with van der Waals surface area (Å²) in [5.74, 6) is 1.40. The van der Waals surface area contributed by atoms with Crippen LogP contribution in [0.1, 0.15) is 13.8 Å². The van der Waals surface area contributed by atoms with Crippen LogP contribution in [-0.4, -0.2) is 17.7 Å². The van der Waals surface area contributed by atoms with Crippen molar-refractivity contribution >= 4 is 8.38 Å². The quantitative estimate of drug-likeness (QED) is 0.783. The standard InChI is InChI=1S/C10H15O3P/c1-8(2)12-9-5-4-6-10(7-9)13-14(3)11/h4-8,11H,1-3H3. The molecule has 0 saturated carbocycles. The van der Waals surface area contributed by atoms with Gasteiger partial charge < -0.3 is 14.2 Å². The van der Waals surface area contributed by atoms with E-state index in [1.807, 2.05) is 26.0 Å². The van der Waals surface area contributed by atoms with Gasteiger partial charge in [0.15, 0.2) is 0 Å². The summed E-state index contributed by atoms with van der Waals surface area (Å²) in [4.78, 5) is 9.08. The Morgan fingerprint density at radius 1 is 1.29 bits per heavy atom. The van der Waals surface area contributed by atoms with Gasteiger partial charge in [0.2, 0.25) is 8.38 Å². The molecular formula is C10H15O3P. The van der Waals surface area contributed by atoms with Gasteiger partial charge in [-0.05, 0) is 26.0 Å². The van der Waals surface area contributed by atoms with Gasteiger partial charge in [0.1, 0.15) is 11.5 Å². The SMILES string of the molecule is CC(C)Oc1cccc(OP(C)O)c1. The second-order valence-corrected chi connectivity index (χ2v) is 4.31. The highest BCUT2D eigenvalue weighted by molar-refractivity contribution is 7.45. The lowest BCUT2D eigenvalue weighted by Crippen LogP contribution is -2.05. The Hall–Kier alpha value is -0.790. The molecule has 1 aromatic rings. The van der Waals surface area contributed by atoms with Crippen molar-refractivity contribution in [1.29, 1.82) is 0 Å². The second-order valence-electron chi connectivity index (χ2n) is 3.20. The Morgan fingerprint density at radius 3 is 2.50 bits per heavy atom. The number of benzene rings is 1. The first kappa shape index (κ1) is 11.3. The fourth-order valence-corrected chi connectivity index (χ4v) is 1.45. The van der Waals surface area contributed by atoms with E-state index in [-0.39, 0.29) is 6.10 Å². The largest absolute Gasteiger partial charge is 0.491 e. The Morgan fingerprint density at radius 2 is 1.93 bits per heavy atom. The lowest BCUT2D eigenvalue weighted by Gasteiger charge is -2.12. The molecule has 1 atom stereocenters. The van der Waals surface area contributed by atoms with E-state index in [4.69, 9.17) is 14.2 Å². The minimum Gasteiger partial charge on any atom is -0.491 e. The van der Waals surface area contributed by atoms with Crippen molar-refractivity contribution in [2.75, 3.05) is 6.66 Å². The Balaban J connectivity index is 2.68. The van der Waals surface area contributed by atoms with Gasteiger partial charge in [-0.3, -0.25) is 0 Å². The molecule has 0 bridgehead atoms. The molecule has 0 aromatic heterocycles. The average molecular weight is 214 g/mol. The summed E-state index contributed by atoms with van der Waals surface area (Å²) in [6.45, 7) is 5.56. The van der Waals surface area contributed by atoms with Gasteiger partial charge in [-0.1, -0.05) is 6.07 Å². The highest BCUT2D eigenvalue weighted by atomic mass is 31.2. The van der Waals surface area contributed by atoms with Crippen LogP contribution in [0.4, 0.5) is 0 Å². The monoisotopic (exact) mass is 214 g/mol. The van der Waals surface area contributed by atoms with Gasteiger partial charge in [-0.15, -0.1) is 0 Å². The van der Waals surface area contributed by atoms with Crippen molar-refractivity contribution in [3.63, 3.8) is 0 Å². The maximum absolute atomic E-state index is 9.08. The first-order chi connectivity index (χ1) is 6.58. The van der Waals surface area contributed by atoms with E-state index in [1.54, 1.807) is 18.8 Å². The maximum Gasteiger partial charge on any atom is 0.224 e. The van der Waals surface area contributed by atoms with E-state index in [2.05, 4.69) is 0 Å². The van der Waals surface area contributed by atoms with E-state index in [1.165, 1.54) is 0 Å². The summed E-state index contributed by atoms with van der Waals surface area (Å²) in [7, 11) is -1.37. The fraction of sp³-hybridized carbons (Fsp3) is 0.400. The lowest BCUT2D eigenvalue weighted by atomic mass is 10.3. The summed E-state index contributed by atoms with van der Waals surface area (Å²) in [5.41, 5.74) is 0. The van der Waals surface area contributed by atoms with Gasteiger partial charge >= 0.3 is 0 Å². The number of rotatable bonds is 4. The molecule has 1 N–H and O–H groups in total. The van der Waals surface area contributed by atoms with Crippen molar-refractivity contribution < 1.29 is 14.2 Å². The summed E-state index contributed by atoms with van der Waals surface area (Å²) >= 11 is 0. The average Bonchev–Trinajstić information content (AvgIpc) is 2.01. The van der Waals surface area contributed by atoms with Crippen LogP contribution in [0.3, 0.4) is 0 Å². The van der Waals surface area contributed by atoms with E-state index in [9.17, 15) is 0 Å². The number of ether oxygens (including phenoxy) is 1. The molecule has 0 saturated heterocycles. The molecule has 1 rings (SSSR count). The van der Waals surface area contributed by atoms with E-state index in [0.29, 0.717) is 5.75 Å². The van der Waals surface area contributed by atoms with E-state index >= 15 is 0 Å².